The predicted molar refractivity (Wildman–Crippen MR) is 93.0 cm³/mol. The highest BCUT2D eigenvalue weighted by molar-refractivity contribution is 5.70. The third kappa shape index (κ3) is 3.77. The number of phenolic OH excluding ortho intramolecular Hbond substituents is 2. The highest BCUT2D eigenvalue weighted by Gasteiger charge is 2.36. The highest BCUT2D eigenvalue weighted by atomic mass is 19.4. The number of rotatable bonds is 3. The van der Waals surface area contributed by atoms with Crippen LogP contribution in [0.5, 0.6) is 11.5 Å². The molecule has 1 aromatic carbocycles. The number of nitro benzene ring substituents is 1. The van der Waals surface area contributed by atoms with E-state index in [1.807, 2.05) is 0 Å². The number of pyridine rings is 1. The average molecular weight is 407 g/mol. The molecule has 29 heavy (non-hydrogen) atoms. The average Bonchev–Trinajstić information content (AvgIpc) is 2.62. The van der Waals surface area contributed by atoms with Crippen molar-refractivity contribution in [2.75, 3.05) is 0 Å². The molecule has 150 valence electrons. The molecule has 0 radical (unpaired) electrons. The first kappa shape index (κ1) is 19.9. The largest absolute Gasteiger partial charge is 0.504 e. The zero-order chi connectivity index (χ0) is 21.5. The minimum atomic E-state index is -4.70. The van der Waals surface area contributed by atoms with Crippen molar-refractivity contribution in [1.29, 1.82) is 0 Å². The van der Waals surface area contributed by atoms with E-state index in [1.54, 1.807) is 0 Å². The van der Waals surface area contributed by atoms with Crippen molar-refractivity contribution in [3.63, 3.8) is 0 Å². The molecule has 0 fully saturated rings. The molecule has 0 atom stereocenters. The minimum Gasteiger partial charge on any atom is -0.504 e. The van der Waals surface area contributed by atoms with Crippen LogP contribution >= 0.6 is 0 Å². The molecule has 3 rings (SSSR count). The molecule has 0 saturated carbocycles. The number of benzene rings is 1. The van der Waals surface area contributed by atoms with Gasteiger partial charge in [0.2, 0.25) is 5.75 Å². The molecule has 0 saturated heterocycles. The SMILES string of the molecule is Cc1cc(C(F)(F)F)c(-c2ncnc(-c3cc(O)c(O)c([N+](=O)[O-])c3)n2)c(C)n1. The molecule has 0 aliphatic heterocycles. The van der Waals surface area contributed by atoms with Gasteiger partial charge in [0.1, 0.15) is 6.33 Å². The third-order valence-electron chi connectivity index (χ3n) is 3.95. The van der Waals surface area contributed by atoms with Crippen molar-refractivity contribution in [3.8, 4) is 34.3 Å². The van der Waals surface area contributed by atoms with Crippen LogP contribution in [0, 0.1) is 24.0 Å². The highest BCUT2D eigenvalue weighted by Crippen LogP contribution is 2.40. The Morgan fingerprint density at radius 1 is 1.03 bits per heavy atom. The Morgan fingerprint density at radius 3 is 2.31 bits per heavy atom. The van der Waals surface area contributed by atoms with Crippen molar-refractivity contribution in [2.45, 2.75) is 20.0 Å². The van der Waals surface area contributed by atoms with Gasteiger partial charge in [-0.2, -0.15) is 13.2 Å². The summed E-state index contributed by atoms with van der Waals surface area (Å²) in [5.74, 6) is -2.34. The Labute approximate surface area is 160 Å². The first-order valence-corrected chi connectivity index (χ1v) is 7.94. The molecule has 0 amide bonds. The Kier molecular flexibility index (Phi) is 4.78. The monoisotopic (exact) mass is 407 g/mol. The van der Waals surface area contributed by atoms with Gasteiger partial charge in [0.15, 0.2) is 17.4 Å². The van der Waals surface area contributed by atoms with E-state index in [1.165, 1.54) is 13.8 Å². The molecular formula is C17H12F3N5O4. The van der Waals surface area contributed by atoms with Crippen molar-refractivity contribution in [1.82, 2.24) is 19.9 Å². The number of aromatic hydroxyl groups is 2. The van der Waals surface area contributed by atoms with E-state index in [0.717, 1.165) is 24.5 Å². The van der Waals surface area contributed by atoms with E-state index in [4.69, 9.17) is 0 Å². The molecule has 3 aromatic rings. The van der Waals surface area contributed by atoms with E-state index in [2.05, 4.69) is 19.9 Å². The van der Waals surface area contributed by atoms with Gasteiger partial charge in [0, 0.05) is 23.0 Å². The molecule has 0 aliphatic rings. The van der Waals surface area contributed by atoms with Gasteiger partial charge in [0.05, 0.1) is 16.1 Å². The fourth-order valence-electron chi connectivity index (χ4n) is 2.76. The molecule has 2 aromatic heterocycles. The van der Waals surface area contributed by atoms with Crippen LogP contribution in [0.15, 0.2) is 24.5 Å². The number of hydrogen-bond acceptors (Lipinski definition) is 8. The van der Waals surface area contributed by atoms with Gasteiger partial charge < -0.3 is 10.2 Å². The van der Waals surface area contributed by atoms with Crippen molar-refractivity contribution in [2.24, 2.45) is 0 Å². The van der Waals surface area contributed by atoms with Crippen LogP contribution in [0.3, 0.4) is 0 Å². The predicted octanol–water partition coefficient (Wildman–Crippen LogP) is 3.56. The standard InChI is InChI=1S/C17H12F3N5O4/c1-7-3-10(17(18,19)20)13(8(2)23-7)16-22-6-21-15(24-16)9-4-11(25(28)29)14(27)12(26)5-9/h3-6,26-27H,1-2H3. The fraction of sp³-hybridized carbons (Fsp3) is 0.176. The number of halogens is 3. The zero-order valence-electron chi connectivity index (χ0n) is 14.9. The Bertz CT molecular complexity index is 1130. The first-order chi connectivity index (χ1) is 13.5. The zero-order valence-corrected chi connectivity index (χ0v) is 14.9. The van der Waals surface area contributed by atoms with Crippen LogP contribution in [0.4, 0.5) is 18.9 Å². The van der Waals surface area contributed by atoms with Gasteiger partial charge in [-0.25, -0.2) is 15.0 Å². The van der Waals surface area contributed by atoms with Crippen LogP contribution in [-0.2, 0) is 6.18 Å². The maximum absolute atomic E-state index is 13.5. The summed E-state index contributed by atoms with van der Waals surface area (Å²) in [4.78, 5) is 25.7. The Morgan fingerprint density at radius 2 is 1.69 bits per heavy atom. The third-order valence-corrected chi connectivity index (χ3v) is 3.95. The number of phenols is 2. The second kappa shape index (κ2) is 6.96. The lowest BCUT2D eigenvalue weighted by Gasteiger charge is -2.15. The second-order valence-electron chi connectivity index (χ2n) is 6.02. The van der Waals surface area contributed by atoms with Crippen molar-refractivity contribution < 1.29 is 28.3 Å². The van der Waals surface area contributed by atoms with Gasteiger partial charge in [0.25, 0.3) is 0 Å². The number of alkyl halides is 3. The maximum atomic E-state index is 13.5. The summed E-state index contributed by atoms with van der Waals surface area (Å²) in [6.07, 6.45) is -3.76. The van der Waals surface area contributed by atoms with Crippen molar-refractivity contribution >= 4 is 5.69 Å². The lowest BCUT2D eigenvalue weighted by molar-refractivity contribution is -0.385. The molecule has 2 heterocycles. The van der Waals surface area contributed by atoms with Gasteiger partial charge >= 0.3 is 11.9 Å². The smallest absolute Gasteiger partial charge is 0.417 e. The second-order valence-corrected chi connectivity index (χ2v) is 6.02. The number of aryl methyl sites for hydroxylation is 2. The molecule has 0 unspecified atom stereocenters. The molecule has 12 heteroatoms. The summed E-state index contributed by atoms with van der Waals surface area (Å²) in [5.41, 5.74) is -2.06. The van der Waals surface area contributed by atoms with E-state index < -0.39 is 33.8 Å². The van der Waals surface area contributed by atoms with Gasteiger partial charge in [-0.05, 0) is 26.0 Å². The molecule has 0 aliphatic carbocycles. The van der Waals surface area contributed by atoms with Gasteiger partial charge in [-0.3, -0.25) is 15.1 Å². The lowest BCUT2D eigenvalue weighted by atomic mass is 10.0. The number of aromatic nitrogens is 4. The summed E-state index contributed by atoms with van der Waals surface area (Å²) in [7, 11) is 0. The van der Waals surface area contributed by atoms with Crippen LogP contribution in [0.1, 0.15) is 17.0 Å². The van der Waals surface area contributed by atoms with Crippen LogP contribution in [0.2, 0.25) is 0 Å². The van der Waals surface area contributed by atoms with Gasteiger partial charge in [-0.1, -0.05) is 0 Å². The fourth-order valence-corrected chi connectivity index (χ4v) is 2.76. The summed E-state index contributed by atoms with van der Waals surface area (Å²) in [5, 5.41) is 30.3. The number of nitrogens with zero attached hydrogens (tertiary/aromatic N) is 5. The van der Waals surface area contributed by atoms with Crippen molar-refractivity contribution in [3.05, 3.63) is 51.6 Å². The first-order valence-electron chi connectivity index (χ1n) is 7.94. The summed E-state index contributed by atoms with van der Waals surface area (Å²) in [6.45, 7) is 2.79. The molecule has 0 bridgehead atoms. The molecule has 2 N–H and O–H groups in total. The Hall–Kier alpha value is -3.83. The minimum absolute atomic E-state index is 0.0361. The van der Waals surface area contributed by atoms with Crippen LogP contribution < -0.4 is 0 Å². The maximum Gasteiger partial charge on any atom is 0.417 e. The normalized spacial score (nSPS) is 11.5. The summed E-state index contributed by atoms with van der Waals surface area (Å²) >= 11 is 0. The topological polar surface area (TPSA) is 135 Å². The van der Waals surface area contributed by atoms with Gasteiger partial charge in [-0.15, -0.1) is 0 Å². The number of hydrogen-bond donors (Lipinski definition) is 2. The molecule has 9 nitrogen and oxygen atoms in total. The van der Waals surface area contributed by atoms with Crippen LogP contribution in [0.25, 0.3) is 22.8 Å². The number of nitro groups is 1. The molecule has 0 spiro atoms. The van der Waals surface area contributed by atoms with E-state index in [-0.39, 0.29) is 34.2 Å². The lowest BCUT2D eigenvalue weighted by Crippen LogP contribution is -2.12. The summed E-state index contributed by atoms with van der Waals surface area (Å²) in [6, 6.07) is 2.70. The Balaban J connectivity index is 2.22. The quantitative estimate of drug-likeness (QED) is 0.382. The van der Waals surface area contributed by atoms with Crippen LogP contribution in [-0.4, -0.2) is 35.1 Å². The van der Waals surface area contributed by atoms with E-state index in [9.17, 15) is 33.5 Å². The molecular weight excluding hydrogens is 395 g/mol. The van der Waals surface area contributed by atoms with E-state index in [0.29, 0.717) is 0 Å². The van der Waals surface area contributed by atoms with E-state index >= 15 is 0 Å². The summed E-state index contributed by atoms with van der Waals surface area (Å²) < 4.78 is 40.6.